The summed E-state index contributed by atoms with van der Waals surface area (Å²) in [6.07, 6.45) is 3.64. The first kappa shape index (κ1) is 21.0. The highest BCUT2D eigenvalue weighted by molar-refractivity contribution is 5.62. The van der Waals surface area contributed by atoms with Gasteiger partial charge >= 0.3 is 0 Å². The first-order chi connectivity index (χ1) is 14.9. The molecule has 1 fully saturated rings. The fraction of sp³-hybridized carbons (Fsp3) is 0.391. The molecule has 8 nitrogen and oxygen atoms in total. The summed E-state index contributed by atoms with van der Waals surface area (Å²) >= 11 is 0. The van der Waals surface area contributed by atoms with Gasteiger partial charge in [0.2, 0.25) is 5.88 Å². The molecule has 8 heteroatoms. The number of hydrogen-bond acceptors (Lipinski definition) is 8. The molecule has 0 amide bonds. The minimum absolute atomic E-state index is 0.0424. The summed E-state index contributed by atoms with van der Waals surface area (Å²) in [5, 5.41) is 16.1. The number of aryl methyl sites for hydroxylation is 2. The van der Waals surface area contributed by atoms with Crippen molar-refractivity contribution in [3.8, 4) is 17.1 Å². The third-order valence-electron chi connectivity index (χ3n) is 5.53. The number of nitrogens with zero attached hydrogens (tertiary/aromatic N) is 4. The molecule has 162 valence electrons. The van der Waals surface area contributed by atoms with Crippen molar-refractivity contribution in [2.45, 2.75) is 45.8 Å². The van der Waals surface area contributed by atoms with Gasteiger partial charge in [-0.1, -0.05) is 11.7 Å². The molecule has 0 atom stereocenters. The summed E-state index contributed by atoms with van der Waals surface area (Å²) < 4.78 is 16.7. The molecule has 0 aliphatic carbocycles. The lowest BCUT2D eigenvalue weighted by molar-refractivity contribution is 0.0515. The molecule has 0 unspecified atom stereocenters. The van der Waals surface area contributed by atoms with E-state index in [1.54, 1.807) is 12.3 Å². The first-order valence-electron chi connectivity index (χ1n) is 10.3. The standard InChI is InChI=1S/C23H27N5O3/c1-15-5-6-18(13-24-15)22-19(17(3)31-28-22)14-30-21-8-7-20(26-27-21)16(2)25-23(4)9-11-29-12-10-23/h5-8,13,25H,2,9-12,14H2,1,3-4H3. The Morgan fingerprint density at radius 1 is 1.16 bits per heavy atom. The van der Waals surface area contributed by atoms with Crippen LogP contribution in [0.25, 0.3) is 17.0 Å². The first-order valence-corrected chi connectivity index (χ1v) is 10.3. The second-order valence-corrected chi connectivity index (χ2v) is 8.08. The van der Waals surface area contributed by atoms with Crippen molar-refractivity contribution < 1.29 is 14.0 Å². The molecular weight excluding hydrogens is 394 g/mol. The lowest BCUT2D eigenvalue weighted by atomic mass is 9.92. The summed E-state index contributed by atoms with van der Waals surface area (Å²) in [6, 6.07) is 7.55. The zero-order chi connectivity index (χ0) is 21.8. The maximum Gasteiger partial charge on any atom is 0.233 e. The van der Waals surface area contributed by atoms with E-state index in [0.29, 0.717) is 17.3 Å². The minimum atomic E-state index is -0.0424. The maximum absolute atomic E-state index is 5.86. The van der Waals surface area contributed by atoms with Crippen LogP contribution in [0.15, 0.2) is 41.6 Å². The molecule has 3 aromatic heterocycles. The molecule has 3 aromatic rings. The van der Waals surface area contributed by atoms with Gasteiger partial charge < -0.3 is 19.3 Å². The van der Waals surface area contributed by atoms with Crippen molar-refractivity contribution in [2.24, 2.45) is 0 Å². The van der Waals surface area contributed by atoms with E-state index in [9.17, 15) is 0 Å². The van der Waals surface area contributed by atoms with Crippen LogP contribution in [0.5, 0.6) is 5.88 Å². The summed E-state index contributed by atoms with van der Waals surface area (Å²) in [5.41, 5.74) is 4.79. The Balaban J connectivity index is 1.41. The summed E-state index contributed by atoms with van der Waals surface area (Å²) in [7, 11) is 0. The number of ether oxygens (including phenoxy) is 2. The molecular formula is C23H27N5O3. The van der Waals surface area contributed by atoms with Crippen molar-refractivity contribution in [3.63, 3.8) is 0 Å². The van der Waals surface area contributed by atoms with E-state index in [2.05, 4.69) is 39.2 Å². The maximum atomic E-state index is 5.86. The van der Waals surface area contributed by atoms with Crippen LogP contribution in [0.2, 0.25) is 0 Å². The predicted molar refractivity (Wildman–Crippen MR) is 116 cm³/mol. The zero-order valence-corrected chi connectivity index (χ0v) is 18.1. The van der Waals surface area contributed by atoms with E-state index in [0.717, 1.165) is 54.3 Å². The van der Waals surface area contributed by atoms with Crippen LogP contribution in [-0.2, 0) is 11.3 Å². The van der Waals surface area contributed by atoms with E-state index in [1.807, 2.05) is 32.0 Å². The largest absolute Gasteiger partial charge is 0.472 e. The van der Waals surface area contributed by atoms with Crippen LogP contribution in [0, 0.1) is 13.8 Å². The van der Waals surface area contributed by atoms with Gasteiger partial charge in [0.15, 0.2) is 0 Å². The van der Waals surface area contributed by atoms with Crippen molar-refractivity contribution in [3.05, 3.63) is 59.8 Å². The fourth-order valence-electron chi connectivity index (χ4n) is 3.48. The average molecular weight is 422 g/mol. The van der Waals surface area contributed by atoms with Crippen molar-refractivity contribution in [1.29, 1.82) is 0 Å². The smallest absolute Gasteiger partial charge is 0.233 e. The highest BCUT2D eigenvalue weighted by Crippen LogP contribution is 2.26. The van der Waals surface area contributed by atoms with E-state index < -0.39 is 0 Å². The third kappa shape index (κ3) is 4.91. The molecule has 0 saturated carbocycles. The Kier molecular flexibility index (Phi) is 5.99. The Labute approximate surface area is 181 Å². The molecule has 1 N–H and O–H groups in total. The van der Waals surface area contributed by atoms with Gasteiger partial charge in [0.25, 0.3) is 0 Å². The fourth-order valence-corrected chi connectivity index (χ4v) is 3.48. The number of nitrogens with one attached hydrogen (secondary N) is 1. The molecule has 0 spiro atoms. The van der Waals surface area contributed by atoms with Gasteiger partial charge in [-0.15, -0.1) is 10.2 Å². The normalized spacial score (nSPS) is 15.5. The second-order valence-electron chi connectivity index (χ2n) is 8.08. The minimum Gasteiger partial charge on any atom is -0.472 e. The lowest BCUT2D eigenvalue weighted by Crippen LogP contribution is -2.45. The molecule has 0 bridgehead atoms. The SMILES string of the molecule is C=C(NC1(C)CCOCC1)c1ccc(OCc2c(-c3ccc(C)nc3)noc2C)nn1. The van der Waals surface area contributed by atoms with Crippen molar-refractivity contribution in [2.75, 3.05) is 13.2 Å². The second kappa shape index (κ2) is 8.85. The van der Waals surface area contributed by atoms with Gasteiger partial charge in [-0.25, -0.2) is 0 Å². The van der Waals surface area contributed by atoms with Gasteiger partial charge in [-0.05, 0) is 51.8 Å². The van der Waals surface area contributed by atoms with Gasteiger partial charge in [-0.2, -0.15) is 0 Å². The Bertz CT molecular complexity index is 1040. The molecule has 0 radical (unpaired) electrons. The van der Waals surface area contributed by atoms with Gasteiger partial charge in [0, 0.05) is 42.3 Å². The molecule has 1 saturated heterocycles. The van der Waals surface area contributed by atoms with Crippen LogP contribution in [0.4, 0.5) is 0 Å². The summed E-state index contributed by atoms with van der Waals surface area (Å²) in [4.78, 5) is 4.33. The summed E-state index contributed by atoms with van der Waals surface area (Å²) in [5.74, 6) is 1.12. The molecule has 4 rings (SSSR count). The van der Waals surface area contributed by atoms with Crippen LogP contribution >= 0.6 is 0 Å². The third-order valence-corrected chi connectivity index (χ3v) is 5.53. The van der Waals surface area contributed by atoms with E-state index in [4.69, 9.17) is 14.0 Å². The van der Waals surface area contributed by atoms with Crippen LogP contribution in [0.3, 0.4) is 0 Å². The van der Waals surface area contributed by atoms with Crippen LogP contribution < -0.4 is 10.1 Å². The highest BCUT2D eigenvalue weighted by atomic mass is 16.5. The van der Waals surface area contributed by atoms with Crippen molar-refractivity contribution in [1.82, 2.24) is 25.7 Å². The van der Waals surface area contributed by atoms with Gasteiger partial charge in [-0.3, -0.25) is 4.98 Å². The van der Waals surface area contributed by atoms with E-state index in [1.165, 1.54) is 0 Å². The molecule has 1 aliphatic rings. The highest BCUT2D eigenvalue weighted by Gasteiger charge is 2.27. The monoisotopic (exact) mass is 421 g/mol. The number of aromatic nitrogens is 4. The molecule has 31 heavy (non-hydrogen) atoms. The van der Waals surface area contributed by atoms with E-state index in [-0.39, 0.29) is 12.1 Å². The predicted octanol–water partition coefficient (Wildman–Crippen LogP) is 3.85. The van der Waals surface area contributed by atoms with Gasteiger partial charge in [0.05, 0.1) is 11.3 Å². The lowest BCUT2D eigenvalue weighted by Gasteiger charge is -2.35. The Morgan fingerprint density at radius 2 is 1.97 bits per heavy atom. The average Bonchev–Trinajstić information content (AvgIpc) is 3.13. The van der Waals surface area contributed by atoms with Crippen LogP contribution in [-0.4, -0.2) is 39.1 Å². The summed E-state index contributed by atoms with van der Waals surface area (Å²) in [6.45, 7) is 11.9. The van der Waals surface area contributed by atoms with Crippen molar-refractivity contribution >= 4 is 5.70 Å². The molecule has 4 heterocycles. The number of rotatable bonds is 7. The Hall–Kier alpha value is -3.26. The number of pyridine rings is 1. The van der Waals surface area contributed by atoms with Gasteiger partial charge in [0.1, 0.15) is 23.8 Å². The zero-order valence-electron chi connectivity index (χ0n) is 18.1. The molecule has 1 aliphatic heterocycles. The van der Waals surface area contributed by atoms with E-state index >= 15 is 0 Å². The van der Waals surface area contributed by atoms with Crippen LogP contribution in [0.1, 0.15) is 42.5 Å². The quantitative estimate of drug-likeness (QED) is 0.615. The molecule has 0 aromatic carbocycles. The Morgan fingerprint density at radius 3 is 2.65 bits per heavy atom. The number of hydrogen-bond donors (Lipinski definition) is 1. The topological polar surface area (TPSA) is 95.2 Å².